The number of hydrogen-bond acceptors (Lipinski definition) is 2. The van der Waals surface area contributed by atoms with Gasteiger partial charge in [-0.1, -0.05) is 50.1 Å². The summed E-state index contributed by atoms with van der Waals surface area (Å²) in [6.07, 6.45) is 6.32. The largest absolute Gasteiger partial charge is 0.396 e. The van der Waals surface area contributed by atoms with Gasteiger partial charge in [-0.25, -0.2) is 0 Å². The van der Waals surface area contributed by atoms with Crippen molar-refractivity contribution in [3.05, 3.63) is 35.9 Å². The zero-order valence-corrected chi connectivity index (χ0v) is 13.0. The first-order valence-corrected chi connectivity index (χ1v) is 8.03. The molecule has 1 aromatic carbocycles. The molecule has 2 N–H and O–H groups in total. The van der Waals surface area contributed by atoms with Crippen molar-refractivity contribution in [3.8, 4) is 0 Å². The number of carbonyl (C=O) groups is 1. The number of rotatable bonds is 7. The van der Waals surface area contributed by atoms with Gasteiger partial charge < -0.3 is 10.4 Å². The minimum absolute atomic E-state index is 0.0750. The van der Waals surface area contributed by atoms with Crippen LogP contribution in [0.25, 0.3) is 0 Å². The molecule has 1 aromatic rings. The summed E-state index contributed by atoms with van der Waals surface area (Å²) < 4.78 is 0. The highest BCUT2D eigenvalue weighted by molar-refractivity contribution is 5.76. The molecule has 0 saturated heterocycles. The number of aliphatic hydroxyl groups is 1. The molecule has 1 aliphatic rings. The van der Waals surface area contributed by atoms with Crippen molar-refractivity contribution in [2.24, 2.45) is 11.3 Å². The Morgan fingerprint density at radius 1 is 1.29 bits per heavy atom. The first-order chi connectivity index (χ1) is 10.1. The van der Waals surface area contributed by atoms with E-state index in [1.54, 1.807) is 0 Å². The van der Waals surface area contributed by atoms with Gasteiger partial charge in [-0.15, -0.1) is 0 Å². The molecule has 1 fully saturated rings. The highest BCUT2D eigenvalue weighted by Gasteiger charge is 2.25. The Balaban J connectivity index is 1.81. The Hall–Kier alpha value is -1.35. The lowest BCUT2D eigenvalue weighted by Gasteiger charge is -2.28. The van der Waals surface area contributed by atoms with Crippen molar-refractivity contribution in [1.82, 2.24) is 5.32 Å². The molecule has 3 nitrogen and oxygen atoms in total. The third-order valence-electron chi connectivity index (χ3n) is 4.52. The molecule has 2 rings (SSSR count). The molecular weight excluding hydrogens is 262 g/mol. The number of amides is 1. The monoisotopic (exact) mass is 289 g/mol. The standard InChI is InChI=1S/C18H27NO2/c1-18(14-20,12-16-9-3-2-4-10-16)13-19-17(21)11-15-7-5-6-8-15/h2-4,9-10,15,20H,5-8,11-14H2,1H3,(H,19,21). The second-order valence-electron chi connectivity index (χ2n) is 6.76. The molecule has 1 saturated carbocycles. The second kappa shape index (κ2) is 7.60. The quantitative estimate of drug-likeness (QED) is 0.811. The molecule has 1 atom stereocenters. The molecule has 21 heavy (non-hydrogen) atoms. The molecule has 0 radical (unpaired) electrons. The summed E-state index contributed by atoms with van der Waals surface area (Å²) in [5.74, 6) is 0.703. The lowest BCUT2D eigenvalue weighted by molar-refractivity contribution is -0.122. The van der Waals surface area contributed by atoms with Crippen LogP contribution >= 0.6 is 0 Å². The van der Waals surface area contributed by atoms with E-state index in [0.717, 1.165) is 6.42 Å². The fourth-order valence-corrected chi connectivity index (χ4v) is 3.12. The average molecular weight is 289 g/mol. The van der Waals surface area contributed by atoms with Crippen LogP contribution in [0.1, 0.15) is 44.6 Å². The van der Waals surface area contributed by atoms with Crippen LogP contribution in [-0.4, -0.2) is 24.2 Å². The van der Waals surface area contributed by atoms with Crippen molar-refractivity contribution in [1.29, 1.82) is 0 Å². The van der Waals surface area contributed by atoms with Crippen molar-refractivity contribution >= 4 is 5.91 Å². The number of carbonyl (C=O) groups excluding carboxylic acids is 1. The maximum Gasteiger partial charge on any atom is 0.220 e. The fourth-order valence-electron chi connectivity index (χ4n) is 3.12. The van der Waals surface area contributed by atoms with E-state index >= 15 is 0 Å². The second-order valence-corrected chi connectivity index (χ2v) is 6.76. The molecular formula is C18H27NO2. The van der Waals surface area contributed by atoms with Crippen molar-refractivity contribution in [2.75, 3.05) is 13.2 Å². The molecule has 0 aliphatic heterocycles. The third-order valence-corrected chi connectivity index (χ3v) is 4.52. The maximum absolute atomic E-state index is 12.0. The number of nitrogens with one attached hydrogen (secondary N) is 1. The summed E-state index contributed by atoms with van der Waals surface area (Å²) in [6.45, 7) is 2.63. The van der Waals surface area contributed by atoms with Gasteiger partial charge in [0, 0.05) is 18.4 Å². The first-order valence-electron chi connectivity index (χ1n) is 8.03. The van der Waals surface area contributed by atoms with Crippen LogP contribution in [0.5, 0.6) is 0 Å². The lowest BCUT2D eigenvalue weighted by atomic mass is 9.84. The van der Waals surface area contributed by atoms with Crippen LogP contribution in [0, 0.1) is 11.3 Å². The molecule has 0 aromatic heterocycles. The Kier molecular flexibility index (Phi) is 5.80. The molecule has 116 valence electrons. The van der Waals surface area contributed by atoms with Crippen molar-refractivity contribution < 1.29 is 9.90 Å². The molecule has 0 heterocycles. The summed E-state index contributed by atoms with van der Waals surface area (Å²) in [5, 5.41) is 12.7. The van der Waals surface area contributed by atoms with E-state index < -0.39 is 0 Å². The van der Waals surface area contributed by atoms with Crippen LogP contribution in [0.3, 0.4) is 0 Å². The molecule has 0 spiro atoms. The summed E-state index contributed by atoms with van der Waals surface area (Å²) >= 11 is 0. The van der Waals surface area contributed by atoms with Crippen LogP contribution in [-0.2, 0) is 11.2 Å². The lowest BCUT2D eigenvalue weighted by Crippen LogP contribution is -2.40. The van der Waals surface area contributed by atoms with Crippen LogP contribution < -0.4 is 5.32 Å². The summed E-state index contributed by atoms with van der Waals surface area (Å²) in [5.41, 5.74) is 0.895. The van der Waals surface area contributed by atoms with Gasteiger partial charge in [0.1, 0.15) is 0 Å². The predicted molar refractivity (Wildman–Crippen MR) is 84.9 cm³/mol. The van der Waals surface area contributed by atoms with E-state index in [0.29, 0.717) is 18.9 Å². The van der Waals surface area contributed by atoms with Gasteiger partial charge in [0.25, 0.3) is 0 Å². The molecule has 3 heteroatoms. The third kappa shape index (κ3) is 5.16. The fraction of sp³-hybridized carbons (Fsp3) is 0.611. The zero-order valence-electron chi connectivity index (χ0n) is 13.0. The average Bonchev–Trinajstić information content (AvgIpc) is 2.99. The van der Waals surface area contributed by atoms with E-state index in [1.807, 2.05) is 25.1 Å². The summed E-state index contributed by atoms with van der Waals surface area (Å²) in [6, 6.07) is 10.1. The van der Waals surface area contributed by atoms with Crippen molar-refractivity contribution in [3.63, 3.8) is 0 Å². The highest BCUT2D eigenvalue weighted by atomic mass is 16.3. The number of benzene rings is 1. The minimum Gasteiger partial charge on any atom is -0.396 e. The molecule has 1 unspecified atom stereocenters. The minimum atomic E-state index is -0.299. The van der Waals surface area contributed by atoms with Gasteiger partial charge in [-0.05, 0) is 30.7 Å². The number of hydrogen-bond donors (Lipinski definition) is 2. The highest BCUT2D eigenvalue weighted by Crippen LogP contribution is 2.27. The van der Waals surface area contributed by atoms with Gasteiger partial charge in [0.2, 0.25) is 5.91 Å². The van der Waals surface area contributed by atoms with Crippen LogP contribution in [0.2, 0.25) is 0 Å². The number of aliphatic hydroxyl groups excluding tert-OH is 1. The van der Waals surface area contributed by atoms with E-state index in [4.69, 9.17) is 0 Å². The van der Waals surface area contributed by atoms with E-state index in [2.05, 4.69) is 17.4 Å². The van der Waals surface area contributed by atoms with Gasteiger partial charge in [-0.3, -0.25) is 4.79 Å². The SMILES string of the molecule is CC(CO)(CNC(=O)CC1CCCC1)Cc1ccccc1. The Labute approximate surface area is 127 Å². The summed E-state index contributed by atoms with van der Waals surface area (Å²) in [4.78, 5) is 12.0. The Morgan fingerprint density at radius 2 is 1.95 bits per heavy atom. The van der Waals surface area contributed by atoms with Gasteiger partial charge in [0.05, 0.1) is 6.61 Å². The Bertz CT molecular complexity index is 440. The topological polar surface area (TPSA) is 49.3 Å². The normalized spacial score (nSPS) is 18.4. The van der Waals surface area contributed by atoms with Gasteiger partial charge in [-0.2, -0.15) is 0 Å². The maximum atomic E-state index is 12.0. The zero-order chi connectivity index (χ0) is 15.1. The van der Waals surface area contributed by atoms with E-state index in [-0.39, 0.29) is 17.9 Å². The van der Waals surface area contributed by atoms with Crippen molar-refractivity contribution in [2.45, 2.75) is 45.4 Å². The Morgan fingerprint density at radius 3 is 2.57 bits per heavy atom. The van der Waals surface area contributed by atoms with E-state index in [1.165, 1.54) is 31.2 Å². The first kappa shape index (κ1) is 16.0. The molecule has 1 amide bonds. The molecule has 1 aliphatic carbocycles. The van der Waals surface area contributed by atoms with E-state index in [9.17, 15) is 9.90 Å². The van der Waals surface area contributed by atoms with Crippen LogP contribution in [0.4, 0.5) is 0 Å². The molecule has 0 bridgehead atoms. The summed E-state index contributed by atoms with van der Waals surface area (Å²) in [7, 11) is 0. The predicted octanol–water partition coefficient (Wildman–Crippen LogP) is 2.92. The van der Waals surface area contributed by atoms with Gasteiger partial charge in [0.15, 0.2) is 0 Å². The van der Waals surface area contributed by atoms with Gasteiger partial charge >= 0.3 is 0 Å². The smallest absolute Gasteiger partial charge is 0.220 e. The van der Waals surface area contributed by atoms with Crippen LogP contribution in [0.15, 0.2) is 30.3 Å².